The summed E-state index contributed by atoms with van der Waals surface area (Å²) >= 11 is 0. The molecule has 2 N–H and O–H groups in total. The van der Waals surface area contributed by atoms with Crippen molar-refractivity contribution >= 4 is 22.8 Å². The summed E-state index contributed by atoms with van der Waals surface area (Å²) < 4.78 is 20.4. The van der Waals surface area contributed by atoms with E-state index in [-0.39, 0.29) is 6.54 Å². The summed E-state index contributed by atoms with van der Waals surface area (Å²) in [5, 5.41) is 5.35. The number of aryl methyl sites for hydroxylation is 1. The fraction of sp³-hybridized carbons (Fsp3) is 0.176. The number of carbonyl (C=O) groups excluding carboxylic acids is 1. The summed E-state index contributed by atoms with van der Waals surface area (Å²) in [4.78, 5) is 16.3. The third kappa shape index (κ3) is 3.15. The average Bonchev–Trinajstić information content (AvgIpc) is 2.94. The Morgan fingerprint density at radius 3 is 2.92 bits per heavy atom. The molecule has 3 aromatic rings. The molecule has 1 heterocycles. The predicted molar refractivity (Wildman–Crippen MR) is 89.5 cm³/mol. The number of nitrogens with zero attached hydrogens (tertiary/aromatic N) is 2. The summed E-state index contributed by atoms with van der Waals surface area (Å²) in [7, 11) is 3.46. The Morgan fingerprint density at radius 1 is 1.33 bits per heavy atom. The molecule has 3 rings (SSSR count). The molecule has 0 saturated heterocycles. The molecule has 6 nitrogen and oxygen atoms in total. The van der Waals surface area contributed by atoms with Crippen molar-refractivity contribution in [1.82, 2.24) is 14.9 Å². The van der Waals surface area contributed by atoms with E-state index >= 15 is 0 Å². The van der Waals surface area contributed by atoms with Crippen molar-refractivity contribution in [2.75, 3.05) is 12.4 Å². The Morgan fingerprint density at radius 2 is 2.17 bits per heavy atom. The summed E-state index contributed by atoms with van der Waals surface area (Å²) in [6.45, 7) is 0.251. The van der Waals surface area contributed by atoms with Gasteiger partial charge in [0, 0.05) is 18.3 Å². The van der Waals surface area contributed by atoms with Crippen LogP contribution < -0.4 is 15.4 Å². The molecule has 0 bridgehead atoms. The summed E-state index contributed by atoms with van der Waals surface area (Å²) in [6.07, 6.45) is 1.71. The van der Waals surface area contributed by atoms with Gasteiger partial charge in [-0.1, -0.05) is 6.07 Å². The summed E-state index contributed by atoms with van der Waals surface area (Å²) in [6, 6.07) is 8.97. The highest BCUT2D eigenvalue weighted by atomic mass is 19.1. The van der Waals surface area contributed by atoms with Gasteiger partial charge in [0.1, 0.15) is 11.6 Å². The van der Waals surface area contributed by atoms with E-state index in [0.29, 0.717) is 11.4 Å². The largest absolute Gasteiger partial charge is 0.496 e. The molecule has 24 heavy (non-hydrogen) atoms. The number of methoxy groups -OCH3 is 1. The van der Waals surface area contributed by atoms with Gasteiger partial charge in [-0.25, -0.2) is 14.2 Å². The lowest BCUT2D eigenvalue weighted by Gasteiger charge is -2.13. The van der Waals surface area contributed by atoms with Crippen LogP contribution in [0.4, 0.5) is 14.9 Å². The Labute approximate surface area is 138 Å². The Hall–Kier alpha value is -3.09. The number of benzene rings is 2. The predicted octanol–water partition coefficient (Wildman–Crippen LogP) is 3.04. The zero-order valence-corrected chi connectivity index (χ0v) is 13.3. The number of hydrogen-bond acceptors (Lipinski definition) is 3. The van der Waals surface area contributed by atoms with E-state index in [1.54, 1.807) is 19.5 Å². The van der Waals surface area contributed by atoms with E-state index in [4.69, 9.17) is 4.74 Å². The van der Waals surface area contributed by atoms with E-state index in [1.165, 1.54) is 18.2 Å². The van der Waals surface area contributed by atoms with Gasteiger partial charge in [0.15, 0.2) is 0 Å². The van der Waals surface area contributed by atoms with Gasteiger partial charge in [0.25, 0.3) is 0 Å². The first-order valence-corrected chi connectivity index (χ1v) is 7.36. The molecule has 0 atom stereocenters. The maximum Gasteiger partial charge on any atom is 0.319 e. The fourth-order valence-corrected chi connectivity index (χ4v) is 2.58. The quantitative estimate of drug-likeness (QED) is 0.773. The molecule has 7 heteroatoms. The molecule has 2 aromatic carbocycles. The second-order valence-corrected chi connectivity index (χ2v) is 5.29. The van der Waals surface area contributed by atoms with Crippen LogP contribution in [0, 0.1) is 5.82 Å². The SMILES string of the molecule is COc1ccc2ncn(C)c2c1CNC(=O)Nc1cccc(F)c1. The van der Waals surface area contributed by atoms with Gasteiger partial charge in [-0.05, 0) is 30.3 Å². The highest BCUT2D eigenvalue weighted by Crippen LogP contribution is 2.27. The number of nitrogens with one attached hydrogen (secondary N) is 2. The van der Waals surface area contributed by atoms with Gasteiger partial charge < -0.3 is 19.9 Å². The van der Waals surface area contributed by atoms with Gasteiger partial charge in [-0.3, -0.25) is 0 Å². The van der Waals surface area contributed by atoms with E-state index in [2.05, 4.69) is 15.6 Å². The monoisotopic (exact) mass is 328 g/mol. The molecule has 0 unspecified atom stereocenters. The van der Waals surface area contributed by atoms with Crippen molar-refractivity contribution < 1.29 is 13.9 Å². The molecule has 1 aromatic heterocycles. The minimum Gasteiger partial charge on any atom is -0.496 e. The number of hydrogen-bond donors (Lipinski definition) is 2. The van der Waals surface area contributed by atoms with Crippen molar-refractivity contribution in [3.63, 3.8) is 0 Å². The normalized spacial score (nSPS) is 10.6. The second kappa shape index (κ2) is 6.57. The first kappa shape index (κ1) is 15.8. The first-order chi connectivity index (χ1) is 11.6. The molecule has 0 spiro atoms. The van der Waals surface area contributed by atoms with Crippen LogP contribution in [-0.2, 0) is 13.6 Å². The third-order valence-electron chi connectivity index (χ3n) is 3.67. The van der Waals surface area contributed by atoms with Crippen molar-refractivity contribution in [3.8, 4) is 5.75 Å². The molecule has 0 aliphatic heterocycles. The van der Waals surface area contributed by atoms with Crippen LogP contribution in [-0.4, -0.2) is 22.7 Å². The summed E-state index contributed by atoms with van der Waals surface area (Å²) in [5.41, 5.74) is 2.92. The highest BCUT2D eigenvalue weighted by Gasteiger charge is 2.13. The van der Waals surface area contributed by atoms with E-state index in [1.807, 2.05) is 23.7 Å². The lowest BCUT2D eigenvalue weighted by Crippen LogP contribution is -2.28. The van der Waals surface area contributed by atoms with E-state index in [0.717, 1.165) is 16.6 Å². The number of urea groups is 1. The summed E-state index contributed by atoms with van der Waals surface area (Å²) in [5.74, 6) is 0.256. The minimum absolute atomic E-state index is 0.251. The molecule has 0 radical (unpaired) electrons. The van der Waals surface area contributed by atoms with Gasteiger partial charge in [-0.2, -0.15) is 0 Å². The molecule has 0 aliphatic rings. The third-order valence-corrected chi connectivity index (χ3v) is 3.67. The van der Waals surface area contributed by atoms with E-state index in [9.17, 15) is 9.18 Å². The van der Waals surface area contributed by atoms with Crippen molar-refractivity contribution in [1.29, 1.82) is 0 Å². The van der Waals surface area contributed by atoms with Crippen LogP contribution in [0.3, 0.4) is 0 Å². The van der Waals surface area contributed by atoms with Crippen molar-refractivity contribution in [2.24, 2.45) is 7.05 Å². The van der Waals surface area contributed by atoms with Crippen LogP contribution in [0.5, 0.6) is 5.75 Å². The lowest BCUT2D eigenvalue weighted by atomic mass is 10.1. The van der Waals surface area contributed by atoms with E-state index < -0.39 is 11.8 Å². The van der Waals surface area contributed by atoms with Gasteiger partial charge in [-0.15, -0.1) is 0 Å². The number of imidazole rings is 1. The Balaban J connectivity index is 1.77. The smallest absolute Gasteiger partial charge is 0.319 e. The zero-order valence-electron chi connectivity index (χ0n) is 13.3. The van der Waals surface area contributed by atoms with Gasteiger partial charge in [0.2, 0.25) is 0 Å². The average molecular weight is 328 g/mol. The lowest BCUT2D eigenvalue weighted by molar-refractivity contribution is 0.251. The maximum absolute atomic E-state index is 13.2. The van der Waals surface area contributed by atoms with Gasteiger partial charge in [0.05, 0.1) is 31.0 Å². The second-order valence-electron chi connectivity index (χ2n) is 5.29. The van der Waals surface area contributed by atoms with Crippen LogP contribution in [0.15, 0.2) is 42.7 Å². The molecule has 0 aliphatic carbocycles. The fourth-order valence-electron chi connectivity index (χ4n) is 2.58. The molecule has 0 fully saturated rings. The number of carbonyl (C=O) groups is 1. The Bertz CT molecular complexity index is 891. The number of rotatable bonds is 4. The van der Waals surface area contributed by atoms with Gasteiger partial charge >= 0.3 is 6.03 Å². The molecule has 0 saturated carbocycles. The van der Waals surface area contributed by atoms with Crippen molar-refractivity contribution in [2.45, 2.75) is 6.54 Å². The van der Waals surface area contributed by atoms with Crippen LogP contribution in [0.25, 0.3) is 11.0 Å². The number of fused-ring (bicyclic) bond motifs is 1. The van der Waals surface area contributed by atoms with Crippen LogP contribution in [0.1, 0.15) is 5.56 Å². The molecular formula is C17H17FN4O2. The number of ether oxygens (including phenoxy) is 1. The number of amides is 2. The minimum atomic E-state index is -0.429. The van der Waals surface area contributed by atoms with Crippen LogP contribution in [0.2, 0.25) is 0 Å². The standard InChI is InChI=1S/C17H17FN4O2/c1-22-10-20-14-6-7-15(24-2)13(16(14)22)9-19-17(23)21-12-5-3-4-11(18)8-12/h3-8,10H,9H2,1-2H3,(H2,19,21,23). The number of halogens is 1. The van der Waals surface area contributed by atoms with Crippen molar-refractivity contribution in [3.05, 3.63) is 54.1 Å². The first-order valence-electron chi connectivity index (χ1n) is 7.36. The topological polar surface area (TPSA) is 68.2 Å². The molecular weight excluding hydrogens is 311 g/mol. The van der Waals surface area contributed by atoms with Crippen LogP contribution >= 0.6 is 0 Å². The number of anilines is 1. The molecule has 2 amide bonds. The molecule has 124 valence electrons. The Kier molecular flexibility index (Phi) is 4.33. The highest BCUT2D eigenvalue weighted by molar-refractivity contribution is 5.90. The zero-order chi connectivity index (χ0) is 17.1. The number of aromatic nitrogens is 2. The maximum atomic E-state index is 13.2.